The number of amides is 1. The Morgan fingerprint density at radius 1 is 1.00 bits per heavy atom. The normalized spacial score (nSPS) is 11.1. The highest BCUT2D eigenvalue weighted by molar-refractivity contribution is 7.80. The lowest BCUT2D eigenvalue weighted by atomic mass is 10.1. The van der Waals surface area contributed by atoms with Crippen LogP contribution in [-0.4, -0.2) is 36.7 Å². The van der Waals surface area contributed by atoms with E-state index in [4.69, 9.17) is 17.0 Å². The van der Waals surface area contributed by atoms with E-state index in [9.17, 15) is 9.59 Å². The zero-order chi connectivity index (χ0) is 19.5. The standard InChI is InChI=1S/C20H22N2O4S/c1-25-18(23)13-21-19(27)17(12-15-8-4-2-5-9-15)22-20(24)26-14-16-10-6-3-7-11-16/h2-11,17H,12-14H2,1H3,(H,21,27)(H,22,24)/t17-/m0/s1. The minimum absolute atomic E-state index is 0.0681. The molecule has 0 saturated carbocycles. The number of ether oxygens (including phenoxy) is 2. The molecule has 0 radical (unpaired) electrons. The van der Waals surface area contributed by atoms with Crippen molar-refractivity contribution in [1.29, 1.82) is 0 Å². The fraction of sp³-hybridized carbons (Fsp3) is 0.250. The molecule has 0 fully saturated rings. The van der Waals surface area contributed by atoms with Gasteiger partial charge < -0.3 is 20.1 Å². The lowest BCUT2D eigenvalue weighted by molar-refractivity contribution is -0.139. The zero-order valence-electron chi connectivity index (χ0n) is 15.0. The Morgan fingerprint density at radius 3 is 2.19 bits per heavy atom. The molecule has 0 spiro atoms. The summed E-state index contributed by atoms with van der Waals surface area (Å²) in [5.74, 6) is -0.442. The van der Waals surface area contributed by atoms with Gasteiger partial charge in [-0.2, -0.15) is 0 Å². The number of benzene rings is 2. The average Bonchev–Trinajstić information content (AvgIpc) is 2.71. The number of methoxy groups -OCH3 is 1. The molecule has 142 valence electrons. The summed E-state index contributed by atoms with van der Waals surface area (Å²) < 4.78 is 9.86. The predicted octanol–water partition coefficient (Wildman–Crippen LogP) is 2.61. The first kappa shape index (κ1) is 20.4. The van der Waals surface area contributed by atoms with Crippen LogP contribution < -0.4 is 10.6 Å². The minimum atomic E-state index is -0.581. The smallest absolute Gasteiger partial charge is 0.408 e. The van der Waals surface area contributed by atoms with Crippen molar-refractivity contribution >= 4 is 29.3 Å². The number of nitrogens with one attached hydrogen (secondary N) is 2. The zero-order valence-corrected chi connectivity index (χ0v) is 15.8. The van der Waals surface area contributed by atoms with Crippen molar-refractivity contribution in [3.8, 4) is 0 Å². The molecular formula is C20H22N2O4S. The highest BCUT2D eigenvalue weighted by Gasteiger charge is 2.19. The lowest BCUT2D eigenvalue weighted by Gasteiger charge is -2.20. The van der Waals surface area contributed by atoms with E-state index in [2.05, 4.69) is 15.4 Å². The number of hydrogen-bond donors (Lipinski definition) is 2. The molecule has 0 aromatic heterocycles. The summed E-state index contributed by atoms with van der Waals surface area (Å²) in [6.07, 6.45) is -0.115. The van der Waals surface area contributed by atoms with Crippen molar-refractivity contribution in [1.82, 2.24) is 10.6 Å². The molecule has 0 saturated heterocycles. The van der Waals surface area contributed by atoms with E-state index in [1.54, 1.807) is 0 Å². The van der Waals surface area contributed by atoms with E-state index in [0.29, 0.717) is 11.4 Å². The van der Waals surface area contributed by atoms with Gasteiger partial charge in [0.05, 0.1) is 18.1 Å². The van der Waals surface area contributed by atoms with Gasteiger partial charge in [0.15, 0.2) is 0 Å². The molecule has 2 N–H and O–H groups in total. The predicted molar refractivity (Wildman–Crippen MR) is 106 cm³/mol. The topological polar surface area (TPSA) is 76.7 Å². The third kappa shape index (κ3) is 7.45. The van der Waals surface area contributed by atoms with Gasteiger partial charge in [-0.3, -0.25) is 4.79 Å². The lowest BCUT2D eigenvalue weighted by Crippen LogP contribution is -2.48. The molecule has 2 aromatic carbocycles. The summed E-state index contributed by atoms with van der Waals surface area (Å²) in [7, 11) is 1.30. The third-order valence-corrected chi connectivity index (χ3v) is 4.17. The maximum absolute atomic E-state index is 12.2. The maximum atomic E-state index is 12.2. The molecule has 0 bridgehead atoms. The van der Waals surface area contributed by atoms with Crippen molar-refractivity contribution in [2.45, 2.75) is 19.1 Å². The Labute approximate surface area is 163 Å². The Morgan fingerprint density at radius 2 is 1.59 bits per heavy atom. The average molecular weight is 386 g/mol. The fourth-order valence-corrected chi connectivity index (χ4v) is 2.54. The van der Waals surface area contributed by atoms with Crippen molar-refractivity contribution < 1.29 is 19.1 Å². The van der Waals surface area contributed by atoms with Crippen LogP contribution in [0.25, 0.3) is 0 Å². The van der Waals surface area contributed by atoms with E-state index in [1.165, 1.54) is 7.11 Å². The molecule has 1 atom stereocenters. The van der Waals surface area contributed by atoms with Crippen LogP contribution in [0.1, 0.15) is 11.1 Å². The van der Waals surface area contributed by atoms with Crippen molar-refractivity contribution in [2.75, 3.05) is 13.7 Å². The molecule has 0 aliphatic carbocycles. The second-order valence-electron chi connectivity index (χ2n) is 5.74. The van der Waals surface area contributed by atoms with E-state index < -0.39 is 18.1 Å². The second-order valence-corrected chi connectivity index (χ2v) is 6.18. The molecule has 6 nitrogen and oxygen atoms in total. The van der Waals surface area contributed by atoms with Crippen LogP contribution in [0.4, 0.5) is 4.79 Å². The highest BCUT2D eigenvalue weighted by atomic mass is 32.1. The third-order valence-electron chi connectivity index (χ3n) is 3.74. The number of alkyl carbamates (subject to hydrolysis) is 1. The van der Waals surface area contributed by atoms with Gasteiger partial charge >= 0.3 is 12.1 Å². The van der Waals surface area contributed by atoms with Gasteiger partial charge in [-0.15, -0.1) is 0 Å². The van der Waals surface area contributed by atoms with Crippen LogP contribution in [-0.2, 0) is 27.3 Å². The molecule has 0 unspecified atom stereocenters. The fourth-order valence-electron chi connectivity index (χ4n) is 2.32. The minimum Gasteiger partial charge on any atom is -0.468 e. The van der Waals surface area contributed by atoms with Crippen LogP contribution in [0.2, 0.25) is 0 Å². The first-order valence-electron chi connectivity index (χ1n) is 8.44. The second kappa shape index (κ2) is 10.9. The quantitative estimate of drug-likeness (QED) is 0.537. The number of esters is 1. The molecule has 1 amide bonds. The number of hydrogen-bond acceptors (Lipinski definition) is 5. The van der Waals surface area contributed by atoms with Gasteiger partial charge in [0.25, 0.3) is 0 Å². The van der Waals surface area contributed by atoms with Gasteiger partial charge in [-0.1, -0.05) is 72.9 Å². The van der Waals surface area contributed by atoms with Gasteiger partial charge in [0.1, 0.15) is 13.2 Å². The van der Waals surface area contributed by atoms with E-state index in [0.717, 1.165) is 11.1 Å². The summed E-state index contributed by atoms with van der Waals surface area (Å²) in [5.41, 5.74) is 1.88. The summed E-state index contributed by atoms with van der Waals surface area (Å²) in [6, 6.07) is 18.5. The molecular weight excluding hydrogens is 364 g/mol. The molecule has 0 aliphatic heterocycles. The van der Waals surface area contributed by atoms with E-state index in [1.807, 2.05) is 60.7 Å². The molecule has 0 aliphatic rings. The first-order chi connectivity index (χ1) is 13.1. The van der Waals surface area contributed by atoms with E-state index >= 15 is 0 Å². The highest BCUT2D eigenvalue weighted by Crippen LogP contribution is 2.06. The number of carbonyl (C=O) groups excluding carboxylic acids is 2. The van der Waals surface area contributed by atoms with E-state index in [-0.39, 0.29) is 13.2 Å². The Kier molecular flexibility index (Phi) is 8.25. The summed E-state index contributed by atoms with van der Waals surface area (Å²) in [6.45, 7) is 0.0917. The Balaban J connectivity index is 1.96. The molecule has 2 rings (SSSR count). The van der Waals surface area contributed by atoms with Crippen LogP contribution in [0, 0.1) is 0 Å². The molecule has 2 aromatic rings. The monoisotopic (exact) mass is 386 g/mol. The summed E-state index contributed by atoms with van der Waals surface area (Å²) in [4.78, 5) is 23.9. The Hall–Kier alpha value is -2.93. The number of rotatable bonds is 8. The van der Waals surface area contributed by atoms with Crippen LogP contribution in [0.5, 0.6) is 0 Å². The van der Waals surface area contributed by atoms with Crippen molar-refractivity contribution in [3.63, 3.8) is 0 Å². The maximum Gasteiger partial charge on any atom is 0.408 e. The van der Waals surface area contributed by atoms with Gasteiger partial charge in [0, 0.05) is 0 Å². The van der Waals surface area contributed by atoms with Gasteiger partial charge in [0.2, 0.25) is 0 Å². The van der Waals surface area contributed by atoms with Gasteiger partial charge in [-0.05, 0) is 17.5 Å². The Bertz CT molecular complexity index is 753. The van der Waals surface area contributed by atoms with Crippen molar-refractivity contribution in [2.24, 2.45) is 0 Å². The van der Waals surface area contributed by atoms with Crippen LogP contribution in [0.15, 0.2) is 60.7 Å². The molecule has 7 heteroatoms. The van der Waals surface area contributed by atoms with Crippen molar-refractivity contribution in [3.05, 3.63) is 71.8 Å². The first-order valence-corrected chi connectivity index (χ1v) is 8.85. The van der Waals surface area contributed by atoms with Crippen LogP contribution >= 0.6 is 12.2 Å². The largest absolute Gasteiger partial charge is 0.468 e. The van der Waals surface area contributed by atoms with Crippen LogP contribution in [0.3, 0.4) is 0 Å². The molecule has 0 heterocycles. The number of carbonyl (C=O) groups is 2. The summed E-state index contributed by atoms with van der Waals surface area (Å²) in [5, 5.41) is 5.58. The molecule has 27 heavy (non-hydrogen) atoms. The number of thiocarbonyl (C=S) groups is 1. The summed E-state index contributed by atoms with van der Waals surface area (Å²) >= 11 is 5.35. The SMILES string of the molecule is COC(=O)CNC(=S)[C@H](Cc1ccccc1)NC(=O)OCc1ccccc1. The van der Waals surface area contributed by atoms with Gasteiger partial charge in [-0.25, -0.2) is 4.79 Å².